The van der Waals surface area contributed by atoms with Gasteiger partial charge in [0.2, 0.25) is 11.9 Å². The van der Waals surface area contributed by atoms with Gasteiger partial charge in [-0.05, 0) is 52.4 Å². The zero-order valence-corrected chi connectivity index (χ0v) is 24.9. The molecule has 4 unspecified atom stereocenters. The lowest BCUT2D eigenvalue weighted by atomic mass is 10.0. The number of carboxylic acids is 1. The number of esters is 1. The van der Waals surface area contributed by atoms with Crippen molar-refractivity contribution < 1.29 is 24.2 Å². The highest BCUT2D eigenvalue weighted by atomic mass is 28.2. The number of aliphatic carboxylic acids is 1. The van der Waals surface area contributed by atoms with Crippen LogP contribution in [0.3, 0.4) is 0 Å². The lowest BCUT2D eigenvalue weighted by molar-refractivity contribution is -0.141. The van der Waals surface area contributed by atoms with Crippen LogP contribution in [0.5, 0.6) is 0 Å². The van der Waals surface area contributed by atoms with E-state index in [-0.39, 0.29) is 24.1 Å². The number of rotatable bonds is 12. The molecular formula is C27H40N8O5Si. The van der Waals surface area contributed by atoms with Gasteiger partial charge in [0.15, 0.2) is 0 Å². The van der Waals surface area contributed by atoms with Gasteiger partial charge in [-0.25, -0.2) is 9.78 Å². The first kappa shape index (κ1) is 30.4. The number of ether oxygens (including phenoxy) is 1. The second-order valence-electron chi connectivity index (χ2n) is 10.6. The van der Waals surface area contributed by atoms with Gasteiger partial charge in [-0.2, -0.15) is 10.1 Å². The molecule has 5 N–H and O–H groups in total. The molecule has 0 aromatic carbocycles. The van der Waals surface area contributed by atoms with Crippen molar-refractivity contribution in [2.75, 3.05) is 30.3 Å². The van der Waals surface area contributed by atoms with Gasteiger partial charge in [-0.15, -0.1) is 0 Å². The summed E-state index contributed by atoms with van der Waals surface area (Å²) in [5, 5.41) is 26.5. The Morgan fingerprint density at radius 1 is 1.12 bits per heavy atom. The number of hydrogen-bond acceptors (Lipinski definition) is 10. The Bertz CT molecular complexity index is 1220. The molecule has 1 amide bonds. The predicted octanol–water partition coefficient (Wildman–Crippen LogP) is 2.06. The van der Waals surface area contributed by atoms with E-state index in [0.717, 1.165) is 31.0 Å². The highest BCUT2D eigenvalue weighted by molar-refractivity contribution is 6.38. The van der Waals surface area contributed by atoms with Crippen molar-refractivity contribution in [3.8, 4) is 0 Å². The second-order valence-corrected chi connectivity index (χ2v) is 12.2. The van der Waals surface area contributed by atoms with E-state index in [1.54, 1.807) is 24.7 Å². The smallest absolute Gasteiger partial charge is 0.343 e. The molecule has 2 aromatic rings. The fourth-order valence-corrected chi connectivity index (χ4v) is 6.86. The van der Waals surface area contributed by atoms with E-state index < -0.39 is 17.9 Å². The maximum absolute atomic E-state index is 12.8. The van der Waals surface area contributed by atoms with E-state index in [1.807, 2.05) is 13.2 Å². The number of aryl methyl sites for hydroxylation is 2. The van der Waals surface area contributed by atoms with E-state index >= 15 is 0 Å². The molecule has 2 aromatic heterocycles. The van der Waals surface area contributed by atoms with Crippen LogP contribution in [-0.4, -0.2) is 83.6 Å². The molecule has 13 nitrogen and oxygen atoms in total. The van der Waals surface area contributed by atoms with Crippen molar-refractivity contribution in [2.24, 2.45) is 18.9 Å². The maximum Gasteiger partial charge on any atom is 0.343 e. The number of anilines is 3. The number of carbonyl (C=O) groups excluding carboxylic acids is 2. The number of hydrogen-bond donors (Lipinski definition) is 5. The van der Waals surface area contributed by atoms with Crippen LogP contribution in [0.4, 0.5) is 17.5 Å². The molecule has 4 rings (SSSR count). The molecule has 0 bridgehead atoms. The molecule has 3 heterocycles. The van der Waals surface area contributed by atoms with E-state index in [2.05, 4.69) is 36.3 Å². The van der Waals surface area contributed by atoms with Crippen molar-refractivity contribution in [1.29, 1.82) is 0 Å². The number of carboxylic acid groups (broad SMARTS) is 1. The zero-order chi connectivity index (χ0) is 29.4. The summed E-state index contributed by atoms with van der Waals surface area (Å²) in [7, 11) is 2.47. The van der Waals surface area contributed by atoms with Gasteiger partial charge < -0.3 is 31.1 Å². The van der Waals surface area contributed by atoms with Crippen molar-refractivity contribution in [3.05, 3.63) is 23.7 Å². The van der Waals surface area contributed by atoms with Gasteiger partial charge in [0.1, 0.15) is 11.4 Å². The molecule has 1 saturated carbocycles. The fourth-order valence-electron chi connectivity index (χ4n) is 5.38. The number of carbonyl (C=O) groups is 3. The van der Waals surface area contributed by atoms with E-state index in [1.165, 1.54) is 0 Å². The van der Waals surface area contributed by atoms with Crippen LogP contribution in [0.25, 0.3) is 0 Å². The molecule has 4 atom stereocenters. The first-order chi connectivity index (χ1) is 19.7. The maximum atomic E-state index is 12.8. The Morgan fingerprint density at radius 2 is 1.93 bits per heavy atom. The van der Waals surface area contributed by atoms with Gasteiger partial charge >= 0.3 is 11.9 Å². The van der Waals surface area contributed by atoms with Crippen molar-refractivity contribution in [3.63, 3.8) is 0 Å². The summed E-state index contributed by atoms with van der Waals surface area (Å²) in [6.07, 6.45) is 8.01. The molecule has 1 aliphatic carbocycles. The first-order valence-electron chi connectivity index (χ1n) is 14.3. The Hall–Kier alpha value is -3.52. The molecule has 2 fully saturated rings. The Labute approximate surface area is 242 Å². The summed E-state index contributed by atoms with van der Waals surface area (Å²) in [6.45, 7) is 4.99. The van der Waals surface area contributed by atoms with Gasteiger partial charge in [0.05, 0.1) is 39.6 Å². The van der Waals surface area contributed by atoms with Crippen LogP contribution in [0.2, 0.25) is 6.04 Å². The third-order valence-electron chi connectivity index (χ3n) is 7.54. The van der Waals surface area contributed by atoms with Gasteiger partial charge in [-0.3, -0.25) is 14.3 Å². The third kappa shape index (κ3) is 8.49. The van der Waals surface area contributed by atoms with Gasteiger partial charge in [-0.1, -0.05) is 6.04 Å². The lowest BCUT2D eigenvalue weighted by Gasteiger charge is -2.21. The Kier molecular flexibility index (Phi) is 10.7. The number of nitrogens with one attached hydrogen (secondary N) is 4. The van der Waals surface area contributed by atoms with Crippen LogP contribution in [0.1, 0.15) is 61.5 Å². The molecule has 2 aliphatic rings. The molecule has 1 saturated heterocycles. The largest absolute Gasteiger partial charge is 0.481 e. The van der Waals surface area contributed by atoms with Crippen molar-refractivity contribution in [2.45, 2.75) is 70.1 Å². The first-order valence-corrected chi connectivity index (χ1v) is 15.6. The van der Waals surface area contributed by atoms with Crippen LogP contribution < -0.4 is 21.3 Å². The molecule has 41 heavy (non-hydrogen) atoms. The summed E-state index contributed by atoms with van der Waals surface area (Å²) in [5.74, 6) is -1.07. The van der Waals surface area contributed by atoms with E-state index in [0.29, 0.717) is 70.9 Å². The minimum Gasteiger partial charge on any atom is -0.481 e. The molecule has 2 radical (unpaired) electrons. The topological polar surface area (TPSA) is 172 Å². The molecular weight excluding hydrogens is 544 g/mol. The van der Waals surface area contributed by atoms with E-state index in [4.69, 9.17) is 9.84 Å². The predicted molar refractivity (Wildman–Crippen MR) is 154 cm³/mol. The van der Waals surface area contributed by atoms with Crippen molar-refractivity contribution >= 4 is 44.8 Å². The zero-order valence-electron chi connectivity index (χ0n) is 23.9. The Morgan fingerprint density at radius 3 is 2.63 bits per heavy atom. The molecule has 222 valence electrons. The SMILES string of the molecule is CCOC(=O)c1c(C)nc(Nc2cnn(C)c2)nc1NC1CCC(NCCNC(=O)C2CCC(C(=O)O)C2)CC[Si]1. The van der Waals surface area contributed by atoms with Crippen LogP contribution in [0.15, 0.2) is 12.4 Å². The van der Waals surface area contributed by atoms with Crippen LogP contribution in [0, 0.1) is 18.8 Å². The normalized spacial score (nSPS) is 22.5. The number of aromatic nitrogens is 4. The standard InChI is InChI=1S/C27H40N8O5Si/c1-4-40-26(39)22-16(2)31-27(32-20-14-30-35(3)15-20)34-23(22)33-21-8-7-19(9-12-41-21)28-10-11-29-24(36)17-5-6-18(13-17)25(37)38/h14-15,17-19,21,28H,4-13H2,1-3H3,(H,29,36)(H,37,38)(H2,31,32,33,34). The van der Waals surface area contributed by atoms with Crippen LogP contribution in [-0.2, 0) is 21.4 Å². The quantitative estimate of drug-likeness (QED) is 0.140. The van der Waals surface area contributed by atoms with Crippen LogP contribution >= 0.6 is 0 Å². The minimum atomic E-state index is -0.808. The lowest BCUT2D eigenvalue weighted by Crippen LogP contribution is -2.38. The van der Waals surface area contributed by atoms with Crippen molar-refractivity contribution in [1.82, 2.24) is 30.4 Å². The number of amides is 1. The molecule has 14 heteroatoms. The minimum absolute atomic E-state index is 0.0444. The molecule has 0 spiro atoms. The highest BCUT2D eigenvalue weighted by Gasteiger charge is 2.33. The average molecular weight is 585 g/mol. The Balaban J connectivity index is 1.30. The number of nitrogens with zero attached hydrogens (tertiary/aromatic N) is 4. The average Bonchev–Trinajstić information content (AvgIpc) is 3.52. The highest BCUT2D eigenvalue weighted by Crippen LogP contribution is 2.31. The third-order valence-corrected chi connectivity index (χ3v) is 9.04. The summed E-state index contributed by atoms with van der Waals surface area (Å²) in [6, 6.07) is 1.36. The summed E-state index contributed by atoms with van der Waals surface area (Å²) in [5.41, 5.74) is 1.78. The van der Waals surface area contributed by atoms with E-state index in [9.17, 15) is 14.4 Å². The summed E-state index contributed by atoms with van der Waals surface area (Å²) >= 11 is 0. The van der Waals surface area contributed by atoms with Gasteiger partial charge in [0, 0.05) is 44.0 Å². The summed E-state index contributed by atoms with van der Waals surface area (Å²) in [4.78, 5) is 45.5. The summed E-state index contributed by atoms with van der Waals surface area (Å²) < 4.78 is 6.98. The second kappa shape index (κ2) is 14.4. The molecule has 1 aliphatic heterocycles. The van der Waals surface area contributed by atoms with Gasteiger partial charge in [0.25, 0.3) is 0 Å². The fraction of sp³-hybridized carbons (Fsp3) is 0.630. The monoisotopic (exact) mass is 584 g/mol.